The molecule has 0 radical (unpaired) electrons. The molecule has 0 bridgehead atoms. The van der Waals surface area contributed by atoms with Crippen LogP contribution >= 0.6 is 0 Å². The Bertz CT molecular complexity index is 1020. The molecule has 3 aromatic carbocycles. The monoisotopic (exact) mass is 430 g/mol. The van der Waals surface area contributed by atoms with Gasteiger partial charge in [0, 0.05) is 24.6 Å². The van der Waals surface area contributed by atoms with Gasteiger partial charge in [0.25, 0.3) is 0 Å². The van der Waals surface area contributed by atoms with E-state index in [-0.39, 0.29) is 17.7 Å². The third kappa shape index (κ3) is 5.76. The fourth-order valence-electron chi connectivity index (χ4n) is 3.64. The van der Waals surface area contributed by atoms with Gasteiger partial charge < -0.3 is 15.0 Å². The maximum absolute atomic E-state index is 13.5. The summed E-state index contributed by atoms with van der Waals surface area (Å²) in [4.78, 5) is 28.5. The summed E-state index contributed by atoms with van der Waals surface area (Å²) in [7, 11) is 1.61. The molecule has 0 heterocycles. The van der Waals surface area contributed by atoms with Crippen LogP contribution in [0.25, 0.3) is 0 Å². The molecule has 0 aromatic heterocycles. The van der Waals surface area contributed by atoms with Gasteiger partial charge in [0.1, 0.15) is 11.8 Å². The van der Waals surface area contributed by atoms with Gasteiger partial charge in [-0.3, -0.25) is 9.59 Å². The van der Waals surface area contributed by atoms with E-state index in [4.69, 9.17) is 4.74 Å². The van der Waals surface area contributed by atoms with Crippen molar-refractivity contribution in [3.05, 3.63) is 102 Å². The summed E-state index contributed by atoms with van der Waals surface area (Å²) >= 11 is 0. The summed E-state index contributed by atoms with van der Waals surface area (Å²) in [5.74, 6) is 0.164. The number of methoxy groups -OCH3 is 1. The van der Waals surface area contributed by atoms with Crippen molar-refractivity contribution in [1.29, 1.82) is 0 Å². The van der Waals surface area contributed by atoms with Crippen molar-refractivity contribution in [1.82, 2.24) is 10.2 Å². The summed E-state index contributed by atoms with van der Waals surface area (Å²) in [6.45, 7) is 4.37. The molecule has 1 N–H and O–H groups in total. The second-order valence-corrected chi connectivity index (χ2v) is 7.95. The number of nitrogens with zero attached hydrogens (tertiary/aromatic N) is 1. The highest BCUT2D eigenvalue weighted by molar-refractivity contribution is 5.89. The van der Waals surface area contributed by atoms with E-state index >= 15 is 0 Å². The smallest absolute Gasteiger partial charge is 0.247 e. The predicted molar refractivity (Wildman–Crippen MR) is 126 cm³/mol. The quantitative estimate of drug-likeness (QED) is 0.534. The number of hydrogen-bond donors (Lipinski definition) is 1. The van der Waals surface area contributed by atoms with Gasteiger partial charge in [-0.05, 0) is 17.2 Å². The van der Waals surface area contributed by atoms with E-state index in [1.165, 1.54) is 0 Å². The second kappa shape index (κ2) is 11.1. The van der Waals surface area contributed by atoms with E-state index in [0.29, 0.717) is 18.8 Å². The predicted octanol–water partition coefficient (Wildman–Crippen LogP) is 4.74. The highest BCUT2D eigenvalue weighted by Gasteiger charge is 2.32. The summed E-state index contributed by atoms with van der Waals surface area (Å²) in [5.41, 5.74) is 2.62. The number of nitrogens with one attached hydrogen (secondary N) is 1. The van der Waals surface area contributed by atoms with Crippen LogP contribution in [0.15, 0.2) is 84.9 Å². The Morgan fingerprint density at radius 2 is 1.47 bits per heavy atom. The molecule has 0 saturated heterocycles. The van der Waals surface area contributed by atoms with Crippen molar-refractivity contribution in [2.24, 2.45) is 5.92 Å². The summed E-state index contributed by atoms with van der Waals surface area (Å²) in [6.07, 6.45) is 0. The van der Waals surface area contributed by atoms with Gasteiger partial charge in [-0.25, -0.2) is 0 Å². The zero-order valence-electron chi connectivity index (χ0n) is 18.8. The third-order valence-electron chi connectivity index (χ3n) is 5.29. The number of hydrogen-bond acceptors (Lipinski definition) is 3. The summed E-state index contributed by atoms with van der Waals surface area (Å²) < 4.78 is 5.40. The lowest BCUT2D eigenvalue weighted by Gasteiger charge is -2.33. The van der Waals surface area contributed by atoms with E-state index in [9.17, 15) is 9.59 Å². The van der Waals surface area contributed by atoms with Crippen LogP contribution in [0, 0.1) is 5.92 Å². The first kappa shape index (κ1) is 23.1. The molecule has 3 aromatic rings. The molecule has 5 nitrogen and oxygen atoms in total. The van der Waals surface area contributed by atoms with Crippen molar-refractivity contribution >= 4 is 11.8 Å². The Morgan fingerprint density at radius 3 is 2.09 bits per heavy atom. The maximum atomic E-state index is 13.5. The van der Waals surface area contributed by atoms with Gasteiger partial charge >= 0.3 is 0 Å². The Hall–Kier alpha value is -3.60. The zero-order valence-corrected chi connectivity index (χ0v) is 18.8. The Labute approximate surface area is 190 Å². The van der Waals surface area contributed by atoms with Crippen molar-refractivity contribution in [2.45, 2.75) is 33.0 Å². The molecule has 0 unspecified atom stereocenters. The van der Waals surface area contributed by atoms with E-state index in [1.54, 1.807) is 12.0 Å². The molecule has 0 aliphatic carbocycles. The lowest BCUT2D eigenvalue weighted by molar-refractivity contribution is -0.144. The third-order valence-corrected chi connectivity index (χ3v) is 5.29. The average molecular weight is 431 g/mol. The first-order valence-electron chi connectivity index (χ1n) is 10.8. The zero-order chi connectivity index (χ0) is 22.9. The van der Waals surface area contributed by atoms with E-state index < -0.39 is 6.04 Å². The number of rotatable bonds is 9. The molecule has 32 heavy (non-hydrogen) atoms. The van der Waals surface area contributed by atoms with Crippen LogP contribution in [0.1, 0.15) is 36.6 Å². The number of carbonyl (C=O) groups excluding carboxylic acids is 2. The number of ether oxygens (including phenoxy) is 1. The Kier molecular flexibility index (Phi) is 8.03. The topological polar surface area (TPSA) is 58.6 Å². The van der Waals surface area contributed by atoms with Crippen molar-refractivity contribution in [2.75, 3.05) is 7.11 Å². The SMILES string of the molecule is COc1ccccc1CNC(=O)[C@@H](c1ccccc1)N(Cc1ccccc1)C(=O)C(C)C. The maximum Gasteiger partial charge on any atom is 0.247 e. The van der Waals surface area contributed by atoms with Gasteiger partial charge in [0.05, 0.1) is 7.11 Å². The van der Waals surface area contributed by atoms with E-state index in [1.807, 2.05) is 98.8 Å². The molecular formula is C27H30N2O3. The highest BCUT2D eigenvalue weighted by Crippen LogP contribution is 2.26. The molecule has 3 rings (SSSR count). The molecule has 2 amide bonds. The first-order chi connectivity index (χ1) is 15.5. The van der Waals surface area contributed by atoms with Crippen LogP contribution in [-0.2, 0) is 22.7 Å². The fourth-order valence-corrected chi connectivity index (χ4v) is 3.64. The van der Waals surface area contributed by atoms with Crippen molar-refractivity contribution < 1.29 is 14.3 Å². The number of amides is 2. The molecule has 0 aliphatic rings. The average Bonchev–Trinajstić information content (AvgIpc) is 2.83. The molecule has 0 spiro atoms. The standard InChI is InChI=1S/C27H30N2O3/c1-20(2)27(31)29(19-21-12-6-4-7-13-21)25(22-14-8-5-9-15-22)26(30)28-18-23-16-10-11-17-24(23)32-3/h4-17,20,25H,18-19H2,1-3H3,(H,28,30)/t25-/m1/s1. The number of benzene rings is 3. The minimum Gasteiger partial charge on any atom is -0.496 e. The minimum absolute atomic E-state index is 0.0739. The number of carbonyl (C=O) groups is 2. The number of para-hydroxylation sites is 1. The molecule has 5 heteroatoms. The van der Waals surface area contributed by atoms with Gasteiger partial charge in [-0.2, -0.15) is 0 Å². The molecule has 0 aliphatic heterocycles. The van der Waals surface area contributed by atoms with Crippen molar-refractivity contribution in [3.8, 4) is 5.75 Å². The van der Waals surface area contributed by atoms with Crippen LogP contribution < -0.4 is 10.1 Å². The molecule has 166 valence electrons. The molecular weight excluding hydrogens is 400 g/mol. The van der Waals surface area contributed by atoms with Gasteiger partial charge in [0.15, 0.2) is 0 Å². The van der Waals surface area contributed by atoms with Crippen LogP contribution in [0.5, 0.6) is 5.75 Å². The Balaban J connectivity index is 1.93. The van der Waals surface area contributed by atoms with Crippen LogP contribution in [-0.4, -0.2) is 23.8 Å². The summed E-state index contributed by atoms with van der Waals surface area (Å²) in [5, 5.41) is 3.02. The molecule has 1 atom stereocenters. The van der Waals surface area contributed by atoms with Crippen molar-refractivity contribution in [3.63, 3.8) is 0 Å². The highest BCUT2D eigenvalue weighted by atomic mass is 16.5. The van der Waals surface area contributed by atoms with E-state index in [0.717, 1.165) is 16.7 Å². The molecule has 0 fully saturated rings. The van der Waals surface area contributed by atoms with E-state index in [2.05, 4.69) is 5.32 Å². The summed E-state index contributed by atoms with van der Waals surface area (Å²) in [6, 6.07) is 26.0. The second-order valence-electron chi connectivity index (χ2n) is 7.95. The van der Waals surface area contributed by atoms with Crippen LogP contribution in [0.4, 0.5) is 0 Å². The molecule has 0 saturated carbocycles. The van der Waals surface area contributed by atoms with Gasteiger partial charge in [0.2, 0.25) is 11.8 Å². The largest absolute Gasteiger partial charge is 0.496 e. The normalized spacial score (nSPS) is 11.6. The minimum atomic E-state index is -0.749. The van der Waals surface area contributed by atoms with Gasteiger partial charge in [-0.15, -0.1) is 0 Å². The van der Waals surface area contributed by atoms with Crippen LogP contribution in [0.3, 0.4) is 0 Å². The fraction of sp³-hybridized carbons (Fsp3) is 0.259. The van der Waals surface area contributed by atoms with Crippen LogP contribution in [0.2, 0.25) is 0 Å². The lowest BCUT2D eigenvalue weighted by Crippen LogP contribution is -2.44. The first-order valence-corrected chi connectivity index (χ1v) is 10.8. The van der Waals surface area contributed by atoms with Gasteiger partial charge in [-0.1, -0.05) is 92.7 Å². The lowest BCUT2D eigenvalue weighted by atomic mass is 10.0. The Morgan fingerprint density at radius 1 is 0.875 bits per heavy atom.